The van der Waals surface area contributed by atoms with Crippen molar-refractivity contribution in [3.63, 3.8) is 0 Å². The zero-order chi connectivity index (χ0) is 37.7. The van der Waals surface area contributed by atoms with Crippen molar-refractivity contribution in [3.8, 4) is 62.0 Å². The van der Waals surface area contributed by atoms with Gasteiger partial charge in [-0.15, -0.1) is 0 Å². The molecule has 0 atom stereocenters. The number of nitrogens with zero attached hydrogens (tertiary/aromatic N) is 4. The van der Waals surface area contributed by atoms with Crippen LogP contribution in [0.1, 0.15) is 0 Å². The number of aromatic nitrogens is 4. The maximum absolute atomic E-state index is 5.39. The van der Waals surface area contributed by atoms with Gasteiger partial charge in [-0.1, -0.05) is 164 Å². The Labute approximate surface area is 330 Å². The zero-order valence-corrected chi connectivity index (χ0v) is 30.9. The number of rotatable bonds is 6. The van der Waals surface area contributed by atoms with E-state index < -0.39 is 0 Å². The largest absolute Gasteiger partial charge is 0.308 e. The Balaban J connectivity index is 1.10. The van der Waals surface area contributed by atoms with Crippen molar-refractivity contribution in [2.75, 3.05) is 0 Å². The summed E-state index contributed by atoms with van der Waals surface area (Å²) in [5.41, 5.74) is 13.5. The van der Waals surface area contributed by atoms with Crippen molar-refractivity contribution in [2.24, 2.45) is 0 Å². The van der Waals surface area contributed by atoms with Gasteiger partial charge in [-0.25, -0.2) is 15.0 Å². The Morgan fingerprint density at radius 1 is 0.351 bits per heavy atom. The molecular formula is C53H34N4. The van der Waals surface area contributed by atoms with Crippen LogP contribution in [0.4, 0.5) is 0 Å². The topological polar surface area (TPSA) is 43.6 Å². The fourth-order valence-corrected chi connectivity index (χ4v) is 8.27. The maximum atomic E-state index is 5.39. The average molecular weight is 727 g/mol. The minimum atomic E-state index is 0.680. The highest BCUT2D eigenvalue weighted by molar-refractivity contribution is 6.27. The monoisotopic (exact) mass is 726 g/mol. The summed E-state index contributed by atoms with van der Waals surface area (Å²) in [5.74, 6) is 0.680. The summed E-state index contributed by atoms with van der Waals surface area (Å²) in [6, 6.07) is 72.5. The first-order valence-corrected chi connectivity index (χ1v) is 19.3. The second-order valence-electron chi connectivity index (χ2n) is 14.4. The minimum Gasteiger partial charge on any atom is -0.308 e. The lowest BCUT2D eigenvalue weighted by Crippen LogP contribution is -1.98. The molecule has 4 nitrogen and oxygen atoms in total. The molecule has 0 amide bonds. The Kier molecular flexibility index (Phi) is 7.78. The van der Waals surface area contributed by atoms with Crippen molar-refractivity contribution in [1.29, 1.82) is 0 Å². The minimum absolute atomic E-state index is 0.680. The summed E-state index contributed by atoms with van der Waals surface area (Å²) in [7, 11) is 0. The highest BCUT2D eigenvalue weighted by Crippen LogP contribution is 2.43. The van der Waals surface area contributed by atoms with Gasteiger partial charge in [0.25, 0.3) is 0 Å². The molecule has 0 spiro atoms. The second kappa shape index (κ2) is 13.6. The molecule has 0 bridgehead atoms. The number of hydrogen-bond acceptors (Lipinski definition) is 3. The van der Waals surface area contributed by atoms with Gasteiger partial charge in [0.2, 0.25) is 0 Å². The maximum Gasteiger partial charge on any atom is 0.160 e. The van der Waals surface area contributed by atoms with E-state index in [0.717, 1.165) is 72.3 Å². The Morgan fingerprint density at radius 3 is 1.58 bits per heavy atom. The van der Waals surface area contributed by atoms with Crippen molar-refractivity contribution in [2.45, 2.75) is 0 Å². The van der Waals surface area contributed by atoms with Crippen LogP contribution in [0.15, 0.2) is 206 Å². The molecular weight excluding hydrogens is 693 g/mol. The number of para-hydroxylation sites is 1. The number of hydrogen-bond donors (Lipinski definition) is 0. The number of fused-ring (bicyclic) bond motifs is 7. The SMILES string of the molecule is c1ccc(-c2ccc(-c3cc(-c4ccccc4)nc(-c4ccc(-n5c6ccccc6c6c(-c7ccccc7)nc7ccc8ccccc8c7c65)cc4)n3)cc2)cc1. The lowest BCUT2D eigenvalue weighted by Gasteiger charge is -2.14. The molecule has 3 aromatic heterocycles. The summed E-state index contributed by atoms with van der Waals surface area (Å²) in [4.78, 5) is 15.7. The second-order valence-corrected chi connectivity index (χ2v) is 14.4. The lowest BCUT2D eigenvalue weighted by molar-refractivity contribution is 1.17. The molecule has 0 aliphatic carbocycles. The molecule has 0 N–H and O–H groups in total. The first-order chi connectivity index (χ1) is 28.3. The Morgan fingerprint density at radius 2 is 0.877 bits per heavy atom. The highest BCUT2D eigenvalue weighted by atomic mass is 15.0. The quantitative estimate of drug-likeness (QED) is 0.160. The van der Waals surface area contributed by atoms with Crippen molar-refractivity contribution in [1.82, 2.24) is 19.5 Å². The smallest absolute Gasteiger partial charge is 0.160 e. The fourth-order valence-electron chi connectivity index (χ4n) is 8.27. The van der Waals surface area contributed by atoms with E-state index >= 15 is 0 Å². The van der Waals surface area contributed by atoms with Gasteiger partial charge in [-0.05, 0) is 64.4 Å². The van der Waals surface area contributed by atoms with E-state index in [1.165, 1.54) is 27.3 Å². The van der Waals surface area contributed by atoms with Gasteiger partial charge in [-0.3, -0.25) is 0 Å². The van der Waals surface area contributed by atoms with Crippen LogP contribution in [-0.4, -0.2) is 19.5 Å². The zero-order valence-electron chi connectivity index (χ0n) is 30.9. The van der Waals surface area contributed by atoms with Crippen molar-refractivity contribution in [3.05, 3.63) is 206 Å². The van der Waals surface area contributed by atoms with E-state index in [0.29, 0.717) is 5.82 Å². The molecule has 8 aromatic carbocycles. The predicted octanol–water partition coefficient (Wildman–Crippen LogP) is 13.6. The summed E-state index contributed by atoms with van der Waals surface area (Å²) in [6.45, 7) is 0. The Hall–Kier alpha value is -7.69. The van der Waals surface area contributed by atoms with Gasteiger partial charge in [0.15, 0.2) is 5.82 Å². The van der Waals surface area contributed by atoms with Crippen LogP contribution in [0.25, 0.3) is 105 Å². The molecule has 0 unspecified atom stereocenters. The van der Waals surface area contributed by atoms with Gasteiger partial charge in [0, 0.05) is 44.1 Å². The van der Waals surface area contributed by atoms with Crippen LogP contribution in [0, 0.1) is 0 Å². The summed E-state index contributed by atoms with van der Waals surface area (Å²) in [6.07, 6.45) is 0. The van der Waals surface area contributed by atoms with E-state index in [-0.39, 0.29) is 0 Å². The standard InChI is InChI=1S/C53H34N4/c1-4-14-35(15-5-1)36-24-26-39(27-25-36)47-34-46(38-17-6-2-7-18-38)55-53(56-47)41-28-31-42(32-29-41)57-48-23-13-12-22-44(48)50-51(40-19-8-3-9-20-40)54-45-33-30-37-16-10-11-21-43(37)49(45)52(50)57/h1-34H. The van der Waals surface area contributed by atoms with Crippen LogP contribution in [-0.2, 0) is 0 Å². The van der Waals surface area contributed by atoms with E-state index in [1.54, 1.807) is 0 Å². The molecule has 57 heavy (non-hydrogen) atoms. The Bertz CT molecular complexity index is 3240. The third-order valence-corrected chi connectivity index (χ3v) is 11.0. The molecule has 0 saturated heterocycles. The third-order valence-electron chi connectivity index (χ3n) is 11.0. The van der Waals surface area contributed by atoms with Crippen LogP contribution in [0.5, 0.6) is 0 Å². The molecule has 0 saturated carbocycles. The van der Waals surface area contributed by atoms with Crippen LogP contribution >= 0.6 is 0 Å². The molecule has 0 aliphatic heterocycles. The summed E-state index contributed by atoms with van der Waals surface area (Å²) in [5, 5.41) is 5.83. The molecule has 0 aliphatic rings. The number of benzene rings is 8. The van der Waals surface area contributed by atoms with E-state index in [2.05, 4.69) is 199 Å². The predicted molar refractivity (Wildman–Crippen MR) is 236 cm³/mol. The highest BCUT2D eigenvalue weighted by Gasteiger charge is 2.22. The van der Waals surface area contributed by atoms with Gasteiger partial charge in [0.05, 0.1) is 33.6 Å². The fraction of sp³-hybridized carbons (Fsp3) is 0. The molecule has 11 aromatic rings. The van der Waals surface area contributed by atoms with Crippen LogP contribution in [0.2, 0.25) is 0 Å². The molecule has 4 heteroatoms. The summed E-state index contributed by atoms with van der Waals surface area (Å²) >= 11 is 0. The molecule has 0 fully saturated rings. The van der Waals surface area contributed by atoms with Crippen LogP contribution < -0.4 is 0 Å². The van der Waals surface area contributed by atoms with Crippen molar-refractivity contribution < 1.29 is 0 Å². The third kappa shape index (κ3) is 5.66. The first-order valence-electron chi connectivity index (χ1n) is 19.3. The first kappa shape index (κ1) is 32.7. The van der Waals surface area contributed by atoms with Gasteiger partial charge < -0.3 is 4.57 Å². The molecule has 0 radical (unpaired) electrons. The lowest BCUT2D eigenvalue weighted by atomic mass is 9.99. The van der Waals surface area contributed by atoms with Crippen molar-refractivity contribution >= 4 is 43.5 Å². The van der Waals surface area contributed by atoms with E-state index in [1.807, 2.05) is 12.1 Å². The molecule has 11 rings (SSSR count). The van der Waals surface area contributed by atoms with Crippen LogP contribution in [0.3, 0.4) is 0 Å². The number of pyridine rings is 1. The molecule has 266 valence electrons. The summed E-state index contributed by atoms with van der Waals surface area (Å²) < 4.78 is 2.41. The van der Waals surface area contributed by atoms with E-state index in [9.17, 15) is 0 Å². The van der Waals surface area contributed by atoms with Gasteiger partial charge in [-0.2, -0.15) is 0 Å². The van der Waals surface area contributed by atoms with E-state index in [4.69, 9.17) is 15.0 Å². The average Bonchev–Trinajstić information content (AvgIpc) is 3.65. The van der Waals surface area contributed by atoms with Gasteiger partial charge >= 0.3 is 0 Å². The molecule has 3 heterocycles. The normalized spacial score (nSPS) is 11.5. The van der Waals surface area contributed by atoms with Gasteiger partial charge in [0.1, 0.15) is 0 Å².